The summed E-state index contributed by atoms with van der Waals surface area (Å²) in [6.45, 7) is -0.674. The van der Waals surface area contributed by atoms with Crippen molar-refractivity contribution in [2.45, 2.75) is 9.79 Å². The van der Waals surface area contributed by atoms with Crippen LogP contribution in [-0.4, -0.2) is 69.3 Å². The summed E-state index contributed by atoms with van der Waals surface area (Å²) in [4.78, 5) is 23.2. The van der Waals surface area contributed by atoms with E-state index < -0.39 is 57.8 Å². The molecule has 0 atom stereocenters. The van der Waals surface area contributed by atoms with Crippen molar-refractivity contribution in [3.05, 3.63) is 63.7 Å². The highest BCUT2D eigenvalue weighted by molar-refractivity contribution is 7.90. The third-order valence-corrected chi connectivity index (χ3v) is 7.84. The predicted octanol–water partition coefficient (Wildman–Crippen LogP) is 1.42. The predicted molar refractivity (Wildman–Crippen MR) is 107 cm³/mol. The molecular weight excluding hydrogens is 472 g/mol. The Bertz CT molecular complexity index is 1310. The Labute approximate surface area is 182 Å². The molecule has 0 spiro atoms. The molecule has 1 aliphatic heterocycles. The molecule has 1 aliphatic rings. The molecule has 32 heavy (non-hydrogen) atoms. The van der Waals surface area contributed by atoms with Crippen LogP contribution < -0.4 is 0 Å². The van der Waals surface area contributed by atoms with Crippen LogP contribution in [0.3, 0.4) is 0 Å². The van der Waals surface area contributed by atoms with Crippen molar-refractivity contribution in [3.63, 3.8) is 0 Å². The maximum Gasteiger partial charge on any atom is 0.271 e. The van der Waals surface area contributed by atoms with Gasteiger partial charge in [0.1, 0.15) is 16.5 Å². The van der Waals surface area contributed by atoms with Crippen LogP contribution in [0.2, 0.25) is 0 Å². The first-order chi connectivity index (χ1) is 14.8. The van der Waals surface area contributed by atoms with Gasteiger partial charge in [-0.15, -0.1) is 0 Å². The summed E-state index contributed by atoms with van der Waals surface area (Å²) in [5.74, 6) is -2.89. The largest absolute Gasteiger partial charge is 0.336 e. The monoisotopic (exact) mass is 489 g/mol. The summed E-state index contributed by atoms with van der Waals surface area (Å²) in [5.41, 5.74) is -0.815. The molecule has 1 fully saturated rings. The molecule has 172 valence electrons. The summed E-state index contributed by atoms with van der Waals surface area (Å²) >= 11 is 0. The topological polar surface area (TPSA) is 135 Å². The van der Waals surface area contributed by atoms with Gasteiger partial charge in [0.25, 0.3) is 11.6 Å². The van der Waals surface area contributed by atoms with E-state index in [2.05, 4.69) is 0 Å². The van der Waals surface area contributed by atoms with E-state index in [1.54, 1.807) is 0 Å². The molecule has 0 bridgehead atoms. The summed E-state index contributed by atoms with van der Waals surface area (Å²) in [5, 5.41) is 11.1. The number of halogens is 2. The number of carbonyl (C=O) groups is 1. The fourth-order valence-electron chi connectivity index (χ4n) is 3.16. The first-order valence-corrected chi connectivity index (χ1v) is 12.4. The lowest BCUT2D eigenvalue weighted by atomic mass is 10.1. The van der Waals surface area contributed by atoms with Gasteiger partial charge in [0.2, 0.25) is 10.0 Å². The van der Waals surface area contributed by atoms with Crippen LogP contribution in [0.5, 0.6) is 0 Å². The Morgan fingerprint density at radius 3 is 2.16 bits per heavy atom. The Hall–Kier alpha value is -2.97. The number of non-ortho nitro benzene ring substituents is 1. The molecule has 2 aromatic carbocycles. The number of nitro benzene ring substituents is 1. The second kappa shape index (κ2) is 8.52. The van der Waals surface area contributed by atoms with E-state index in [-0.39, 0.29) is 31.7 Å². The normalized spacial score (nSPS) is 15.5. The van der Waals surface area contributed by atoms with Crippen molar-refractivity contribution >= 4 is 31.5 Å². The molecule has 0 N–H and O–H groups in total. The van der Waals surface area contributed by atoms with Crippen LogP contribution in [0.15, 0.2) is 46.2 Å². The molecule has 14 heteroatoms. The number of nitrogens with zero attached hydrogens (tertiary/aromatic N) is 3. The van der Waals surface area contributed by atoms with Gasteiger partial charge in [-0.3, -0.25) is 14.9 Å². The van der Waals surface area contributed by atoms with E-state index in [0.29, 0.717) is 6.07 Å². The molecular formula is C18H17F2N3O7S2. The zero-order valence-electron chi connectivity index (χ0n) is 16.6. The lowest BCUT2D eigenvalue weighted by molar-refractivity contribution is -0.385. The molecule has 10 nitrogen and oxygen atoms in total. The molecule has 1 saturated heterocycles. The number of piperazine rings is 1. The lowest BCUT2D eigenvalue weighted by Gasteiger charge is -2.34. The van der Waals surface area contributed by atoms with Gasteiger partial charge in [-0.2, -0.15) is 4.31 Å². The number of carbonyl (C=O) groups excluding carboxylic acids is 1. The Morgan fingerprint density at radius 2 is 1.62 bits per heavy atom. The molecule has 3 rings (SSSR count). The van der Waals surface area contributed by atoms with Crippen molar-refractivity contribution in [2.75, 3.05) is 32.4 Å². The molecule has 2 aromatic rings. The SMILES string of the molecule is CS(=O)(=O)c1cc(C(=O)N2CCN(S(=O)(=O)c3ccc(F)cc3F)CC2)cc([N+](=O)[O-])c1. The second-order valence-electron chi connectivity index (χ2n) is 7.02. The summed E-state index contributed by atoms with van der Waals surface area (Å²) < 4.78 is 76.9. The van der Waals surface area contributed by atoms with E-state index in [0.717, 1.165) is 40.9 Å². The van der Waals surface area contributed by atoms with Crippen molar-refractivity contribution < 1.29 is 35.3 Å². The lowest BCUT2D eigenvalue weighted by Crippen LogP contribution is -2.50. The van der Waals surface area contributed by atoms with Gasteiger partial charge >= 0.3 is 0 Å². The summed E-state index contributed by atoms with van der Waals surface area (Å²) in [6, 6.07) is 4.88. The number of amides is 1. The average molecular weight is 489 g/mol. The Morgan fingerprint density at radius 1 is 1.00 bits per heavy atom. The van der Waals surface area contributed by atoms with Crippen LogP contribution in [0.25, 0.3) is 0 Å². The molecule has 1 amide bonds. The van der Waals surface area contributed by atoms with E-state index in [1.165, 1.54) is 4.90 Å². The van der Waals surface area contributed by atoms with Gasteiger partial charge in [0.15, 0.2) is 9.84 Å². The maximum atomic E-state index is 14.0. The van der Waals surface area contributed by atoms with Crippen LogP contribution in [0.1, 0.15) is 10.4 Å². The highest BCUT2D eigenvalue weighted by Crippen LogP contribution is 2.24. The minimum atomic E-state index is -4.28. The highest BCUT2D eigenvalue weighted by Gasteiger charge is 2.33. The molecule has 1 heterocycles. The maximum absolute atomic E-state index is 14.0. The minimum absolute atomic E-state index is 0.127. The quantitative estimate of drug-likeness (QED) is 0.458. The molecule has 0 aromatic heterocycles. The summed E-state index contributed by atoms with van der Waals surface area (Å²) in [6.07, 6.45) is 0.846. The number of sulfonamides is 1. The van der Waals surface area contributed by atoms with Gasteiger partial charge in [-0.25, -0.2) is 25.6 Å². The van der Waals surface area contributed by atoms with Crippen LogP contribution in [0.4, 0.5) is 14.5 Å². The number of benzene rings is 2. The van der Waals surface area contributed by atoms with Crippen molar-refractivity contribution in [2.24, 2.45) is 0 Å². The standard InChI is InChI=1S/C18H17F2N3O7S2/c1-31(27,28)15-9-12(8-14(11-15)23(25)26)18(24)21-4-6-22(7-5-21)32(29,30)17-3-2-13(19)10-16(17)20/h2-3,8-11H,4-7H2,1H3. The van der Waals surface area contributed by atoms with Gasteiger partial charge in [0, 0.05) is 56.2 Å². The third kappa shape index (κ3) is 4.76. The fraction of sp³-hybridized carbons (Fsp3) is 0.278. The van der Waals surface area contributed by atoms with E-state index in [4.69, 9.17) is 0 Å². The minimum Gasteiger partial charge on any atom is -0.336 e. The molecule has 0 aliphatic carbocycles. The van der Waals surface area contributed by atoms with Crippen molar-refractivity contribution in [1.29, 1.82) is 0 Å². The number of hydrogen-bond acceptors (Lipinski definition) is 7. The second-order valence-corrected chi connectivity index (χ2v) is 10.9. The van der Waals surface area contributed by atoms with E-state index >= 15 is 0 Å². The highest BCUT2D eigenvalue weighted by atomic mass is 32.2. The smallest absolute Gasteiger partial charge is 0.271 e. The van der Waals surface area contributed by atoms with E-state index in [9.17, 15) is 40.5 Å². The number of hydrogen-bond donors (Lipinski definition) is 0. The Balaban J connectivity index is 1.81. The molecule has 0 radical (unpaired) electrons. The number of rotatable bonds is 5. The van der Waals surface area contributed by atoms with Crippen molar-refractivity contribution in [1.82, 2.24) is 9.21 Å². The number of sulfone groups is 1. The molecule has 0 unspecified atom stereocenters. The average Bonchev–Trinajstić information content (AvgIpc) is 2.72. The Kier molecular flexibility index (Phi) is 6.31. The van der Waals surface area contributed by atoms with Gasteiger partial charge in [0.05, 0.1) is 9.82 Å². The van der Waals surface area contributed by atoms with Gasteiger partial charge in [-0.05, 0) is 18.2 Å². The number of nitro groups is 1. The first-order valence-electron chi connectivity index (χ1n) is 9.05. The van der Waals surface area contributed by atoms with Crippen LogP contribution in [0, 0.1) is 21.7 Å². The van der Waals surface area contributed by atoms with Crippen molar-refractivity contribution in [3.8, 4) is 0 Å². The molecule has 0 saturated carbocycles. The van der Waals surface area contributed by atoms with Gasteiger partial charge < -0.3 is 4.90 Å². The van der Waals surface area contributed by atoms with Crippen LogP contribution in [-0.2, 0) is 19.9 Å². The van der Waals surface area contributed by atoms with Crippen LogP contribution >= 0.6 is 0 Å². The third-order valence-electron chi connectivity index (χ3n) is 4.81. The first kappa shape index (κ1) is 23.7. The fourth-order valence-corrected chi connectivity index (χ4v) is 5.31. The summed E-state index contributed by atoms with van der Waals surface area (Å²) in [7, 11) is -8.12. The zero-order chi connectivity index (χ0) is 23.8. The van der Waals surface area contributed by atoms with Gasteiger partial charge in [-0.1, -0.05) is 0 Å². The van der Waals surface area contributed by atoms with E-state index in [1.807, 2.05) is 0 Å². The zero-order valence-corrected chi connectivity index (χ0v) is 18.2.